The molecule has 6 nitrogen and oxygen atoms in total. The zero-order valence-corrected chi connectivity index (χ0v) is 17.3. The van der Waals surface area contributed by atoms with E-state index in [4.69, 9.17) is 4.74 Å². The standard InChI is InChI=1S/C21H26N2O4S/c1-16(2)27-19-11-6-10-18(14-19)23(28(3,25)26)15-21(24)22-13-7-9-17-8-4-5-12-20(17)22/h4-6,8,10-12,14,16H,7,9,13,15H2,1-3H3. The molecule has 7 heteroatoms. The molecule has 0 fully saturated rings. The summed E-state index contributed by atoms with van der Waals surface area (Å²) in [7, 11) is -3.64. The highest BCUT2D eigenvalue weighted by atomic mass is 32.2. The number of hydrogen-bond acceptors (Lipinski definition) is 4. The van der Waals surface area contributed by atoms with Crippen molar-refractivity contribution < 1.29 is 17.9 Å². The molecule has 0 N–H and O–H groups in total. The van der Waals surface area contributed by atoms with Crippen LogP contribution in [0.1, 0.15) is 25.8 Å². The number of sulfonamides is 1. The Morgan fingerprint density at radius 1 is 1.18 bits per heavy atom. The van der Waals surface area contributed by atoms with Gasteiger partial charge in [0.1, 0.15) is 12.3 Å². The lowest BCUT2D eigenvalue weighted by molar-refractivity contribution is -0.117. The van der Waals surface area contributed by atoms with Crippen LogP contribution in [-0.2, 0) is 21.2 Å². The Balaban J connectivity index is 1.88. The van der Waals surface area contributed by atoms with Crippen LogP contribution >= 0.6 is 0 Å². The van der Waals surface area contributed by atoms with E-state index in [2.05, 4.69) is 0 Å². The molecule has 1 aliphatic heterocycles. The number of hydrogen-bond donors (Lipinski definition) is 0. The van der Waals surface area contributed by atoms with Crippen molar-refractivity contribution in [1.82, 2.24) is 0 Å². The highest BCUT2D eigenvalue weighted by molar-refractivity contribution is 7.92. The van der Waals surface area contributed by atoms with E-state index in [1.807, 2.05) is 38.1 Å². The van der Waals surface area contributed by atoms with E-state index in [1.165, 1.54) is 0 Å². The summed E-state index contributed by atoms with van der Waals surface area (Å²) in [6.45, 7) is 4.14. The van der Waals surface area contributed by atoms with Gasteiger partial charge in [0.05, 0.1) is 18.0 Å². The molecule has 150 valence electrons. The molecule has 0 spiro atoms. The monoisotopic (exact) mass is 402 g/mol. The zero-order valence-electron chi connectivity index (χ0n) is 16.5. The topological polar surface area (TPSA) is 66.9 Å². The summed E-state index contributed by atoms with van der Waals surface area (Å²) in [5, 5.41) is 0. The first-order valence-corrected chi connectivity index (χ1v) is 11.2. The van der Waals surface area contributed by atoms with Crippen molar-refractivity contribution in [3.63, 3.8) is 0 Å². The molecule has 0 bridgehead atoms. The predicted molar refractivity (Wildman–Crippen MR) is 112 cm³/mol. The average Bonchev–Trinajstić information content (AvgIpc) is 2.64. The Bertz CT molecular complexity index is 956. The van der Waals surface area contributed by atoms with Crippen molar-refractivity contribution in [2.45, 2.75) is 32.8 Å². The summed E-state index contributed by atoms with van der Waals surface area (Å²) in [5.74, 6) is 0.324. The summed E-state index contributed by atoms with van der Waals surface area (Å²) in [4.78, 5) is 14.7. The van der Waals surface area contributed by atoms with Gasteiger partial charge in [-0.05, 0) is 50.5 Å². The summed E-state index contributed by atoms with van der Waals surface area (Å²) in [5.41, 5.74) is 2.39. The molecule has 0 aromatic heterocycles. The largest absolute Gasteiger partial charge is 0.491 e. The molecule has 2 aromatic rings. The summed E-state index contributed by atoms with van der Waals surface area (Å²) < 4.78 is 31.7. The third-order valence-electron chi connectivity index (χ3n) is 4.57. The van der Waals surface area contributed by atoms with Gasteiger partial charge >= 0.3 is 0 Å². The maximum Gasteiger partial charge on any atom is 0.247 e. The molecule has 28 heavy (non-hydrogen) atoms. The van der Waals surface area contributed by atoms with Gasteiger partial charge in [0.2, 0.25) is 15.9 Å². The number of rotatable bonds is 6. The molecule has 1 aliphatic rings. The maximum atomic E-state index is 13.0. The molecule has 0 aliphatic carbocycles. The molecule has 0 saturated heterocycles. The average molecular weight is 403 g/mol. The third-order valence-corrected chi connectivity index (χ3v) is 5.71. The first-order chi connectivity index (χ1) is 13.3. The zero-order chi connectivity index (χ0) is 20.3. The second-order valence-corrected chi connectivity index (χ2v) is 9.12. The van der Waals surface area contributed by atoms with Crippen molar-refractivity contribution >= 4 is 27.3 Å². The fourth-order valence-corrected chi connectivity index (χ4v) is 4.23. The number of amides is 1. The molecule has 0 atom stereocenters. The van der Waals surface area contributed by atoms with Crippen molar-refractivity contribution in [1.29, 1.82) is 0 Å². The van der Waals surface area contributed by atoms with Gasteiger partial charge in [0.25, 0.3) is 0 Å². The van der Waals surface area contributed by atoms with E-state index < -0.39 is 10.0 Å². The maximum absolute atomic E-state index is 13.0. The van der Waals surface area contributed by atoms with Crippen LogP contribution in [-0.4, -0.2) is 39.8 Å². The number of carbonyl (C=O) groups excluding carboxylic acids is 1. The minimum absolute atomic E-state index is 0.0339. The van der Waals surface area contributed by atoms with Crippen molar-refractivity contribution in [2.75, 3.05) is 28.6 Å². The minimum Gasteiger partial charge on any atom is -0.491 e. The normalized spacial score (nSPS) is 13.9. The number of aryl methyl sites for hydroxylation is 1. The quantitative estimate of drug-likeness (QED) is 0.744. The summed E-state index contributed by atoms with van der Waals surface area (Å²) in [6, 6.07) is 14.6. The van der Waals surface area contributed by atoms with Crippen LogP contribution in [0, 0.1) is 0 Å². The highest BCUT2D eigenvalue weighted by Gasteiger charge is 2.27. The van der Waals surface area contributed by atoms with Crippen molar-refractivity contribution in [3.05, 3.63) is 54.1 Å². The first kappa shape index (κ1) is 20.2. The van der Waals surface area contributed by atoms with Gasteiger partial charge in [-0.25, -0.2) is 8.42 Å². The van der Waals surface area contributed by atoms with E-state index in [1.54, 1.807) is 29.2 Å². The van der Waals surface area contributed by atoms with Crippen molar-refractivity contribution in [3.8, 4) is 5.75 Å². The van der Waals surface area contributed by atoms with Crippen molar-refractivity contribution in [2.24, 2.45) is 0 Å². The van der Waals surface area contributed by atoms with Crippen LogP contribution < -0.4 is 13.9 Å². The van der Waals surface area contributed by atoms with Gasteiger partial charge in [-0.2, -0.15) is 0 Å². The van der Waals surface area contributed by atoms with E-state index >= 15 is 0 Å². The molecule has 1 amide bonds. The number of ether oxygens (including phenoxy) is 1. The Labute approximate surface area is 166 Å². The van der Waals surface area contributed by atoms with Gasteiger partial charge in [0, 0.05) is 18.3 Å². The number of carbonyl (C=O) groups is 1. The van der Waals surface area contributed by atoms with Gasteiger partial charge in [-0.1, -0.05) is 24.3 Å². The second-order valence-electron chi connectivity index (χ2n) is 7.21. The van der Waals surface area contributed by atoms with Crippen LogP contribution in [0.15, 0.2) is 48.5 Å². The van der Waals surface area contributed by atoms with E-state index in [-0.39, 0.29) is 18.6 Å². The molecular formula is C21H26N2O4S. The number of anilines is 2. The summed E-state index contributed by atoms with van der Waals surface area (Å²) >= 11 is 0. The van der Waals surface area contributed by atoms with Gasteiger partial charge < -0.3 is 9.64 Å². The van der Waals surface area contributed by atoms with Crippen LogP contribution in [0.3, 0.4) is 0 Å². The van der Waals surface area contributed by atoms with Crippen LogP contribution in [0.5, 0.6) is 5.75 Å². The molecule has 3 rings (SSSR count). The second kappa shape index (κ2) is 8.22. The Hall–Kier alpha value is -2.54. The van der Waals surface area contributed by atoms with Crippen LogP contribution in [0.2, 0.25) is 0 Å². The smallest absolute Gasteiger partial charge is 0.247 e. The predicted octanol–water partition coefficient (Wildman–Crippen LogP) is 3.22. The number of fused-ring (bicyclic) bond motifs is 1. The SMILES string of the molecule is CC(C)Oc1cccc(N(CC(=O)N2CCCc3ccccc32)S(C)(=O)=O)c1. The highest BCUT2D eigenvalue weighted by Crippen LogP contribution is 2.28. The molecule has 0 unspecified atom stereocenters. The molecule has 0 radical (unpaired) electrons. The third kappa shape index (κ3) is 4.65. The molecule has 2 aromatic carbocycles. The van der Waals surface area contributed by atoms with E-state index in [0.29, 0.717) is 18.0 Å². The molecule has 0 saturated carbocycles. The van der Waals surface area contributed by atoms with E-state index in [0.717, 1.165) is 34.7 Å². The Morgan fingerprint density at radius 3 is 2.64 bits per heavy atom. The van der Waals surface area contributed by atoms with Crippen LogP contribution in [0.25, 0.3) is 0 Å². The molecular weight excluding hydrogens is 376 g/mol. The fourth-order valence-electron chi connectivity index (χ4n) is 3.39. The van der Waals surface area contributed by atoms with Crippen LogP contribution in [0.4, 0.5) is 11.4 Å². The Kier molecular flexibility index (Phi) is 5.93. The first-order valence-electron chi connectivity index (χ1n) is 9.38. The minimum atomic E-state index is -3.64. The lowest BCUT2D eigenvalue weighted by Gasteiger charge is -2.31. The summed E-state index contributed by atoms with van der Waals surface area (Å²) in [6.07, 6.45) is 2.86. The fraction of sp³-hybridized carbons (Fsp3) is 0.381. The Morgan fingerprint density at radius 2 is 1.93 bits per heavy atom. The number of benzene rings is 2. The number of para-hydroxylation sites is 1. The number of nitrogens with zero attached hydrogens (tertiary/aromatic N) is 2. The molecule has 1 heterocycles. The lowest BCUT2D eigenvalue weighted by atomic mass is 10.0. The van der Waals surface area contributed by atoms with E-state index in [9.17, 15) is 13.2 Å². The van der Waals surface area contributed by atoms with Gasteiger partial charge in [-0.15, -0.1) is 0 Å². The van der Waals surface area contributed by atoms with Gasteiger partial charge in [-0.3, -0.25) is 9.10 Å². The lowest BCUT2D eigenvalue weighted by Crippen LogP contribution is -2.44. The van der Waals surface area contributed by atoms with Gasteiger partial charge in [0.15, 0.2) is 0 Å².